The number of para-hydroxylation sites is 2. The maximum absolute atomic E-state index is 6.53. The van der Waals surface area contributed by atoms with E-state index in [-0.39, 0.29) is 0 Å². The molecule has 246 valence electrons. The maximum Gasteiger partial charge on any atom is 0.143 e. The van der Waals surface area contributed by atoms with E-state index in [0.717, 1.165) is 61.6 Å². The second kappa shape index (κ2) is 13.8. The van der Waals surface area contributed by atoms with E-state index in [2.05, 4.69) is 205 Å². The molecular formula is C50H35NO. The molecule has 1 aromatic heterocycles. The van der Waals surface area contributed by atoms with Crippen LogP contribution >= 0.6 is 0 Å². The van der Waals surface area contributed by atoms with Gasteiger partial charge in [-0.15, -0.1) is 0 Å². The van der Waals surface area contributed by atoms with Crippen LogP contribution in [0, 0.1) is 0 Å². The highest BCUT2D eigenvalue weighted by Crippen LogP contribution is 2.42. The van der Waals surface area contributed by atoms with Crippen molar-refractivity contribution in [2.24, 2.45) is 0 Å². The van der Waals surface area contributed by atoms with Gasteiger partial charge in [-0.2, -0.15) is 0 Å². The van der Waals surface area contributed by atoms with Gasteiger partial charge in [0.1, 0.15) is 11.3 Å². The molecule has 0 bridgehead atoms. The quantitative estimate of drug-likeness (QED) is 0.161. The molecule has 9 aromatic rings. The Balaban J connectivity index is 1.03. The molecule has 0 N–H and O–H groups in total. The van der Waals surface area contributed by atoms with Gasteiger partial charge in [-0.1, -0.05) is 164 Å². The zero-order valence-electron chi connectivity index (χ0n) is 28.6. The normalized spacial score (nSPS) is 11.1. The van der Waals surface area contributed by atoms with E-state index in [0.29, 0.717) is 0 Å². The van der Waals surface area contributed by atoms with Crippen molar-refractivity contribution in [1.29, 1.82) is 0 Å². The molecule has 0 aliphatic carbocycles. The lowest BCUT2D eigenvalue weighted by atomic mass is 9.96. The number of rotatable bonds is 8. The first-order valence-corrected chi connectivity index (χ1v) is 17.7. The lowest BCUT2D eigenvalue weighted by molar-refractivity contribution is 0.632. The van der Waals surface area contributed by atoms with Crippen LogP contribution in [0.3, 0.4) is 0 Å². The molecule has 2 heteroatoms. The molecule has 0 spiro atoms. The van der Waals surface area contributed by atoms with Crippen LogP contribution in [0.5, 0.6) is 0 Å². The van der Waals surface area contributed by atoms with Crippen LogP contribution in [-0.2, 0) is 0 Å². The second-order valence-corrected chi connectivity index (χ2v) is 13.0. The average Bonchev–Trinajstić information content (AvgIpc) is 3.63. The summed E-state index contributed by atoms with van der Waals surface area (Å²) in [5, 5.41) is 1.12. The Kier molecular flexibility index (Phi) is 8.24. The smallest absolute Gasteiger partial charge is 0.143 e. The van der Waals surface area contributed by atoms with Gasteiger partial charge >= 0.3 is 0 Å². The molecule has 2 nitrogen and oxygen atoms in total. The molecule has 0 amide bonds. The van der Waals surface area contributed by atoms with Crippen molar-refractivity contribution in [3.05, 3.63) is 212 Å². The van der Waals surface area contributed by atoms with E-state index in [1.165, 1.54) is 22.3 Å². The van der Waals surface area contributed by atoms with Crippen LogP contribution in [0.4, 0.5) is 17.1 Å². The lowest BCUT2D eigenvalue weighted by Gasteiger charge is -2.26. The number of nitrogens with zero attached hydrogens (tertiary/aromatic N) is 1. The van der Waals surface area contributed by atoms with Crippen molar-refractivity contribution >= 4 is 28.0 Å². The van der Waals surface area contributed by atoms with Gasteiger partial charge in [0.05, 0.1) is 0 Å². The van der Waals surface area contributed by atoms with Crippen LogP contribution in [0.1, 0.15) is 0 Å². The highest BCUT2D eigenvalue weighted by atomic mass is 16.3. The minimum atomic E-state index is 0.886. The van der Waals surface area contributed by atoms with Crippen molar-refractivity contribution in [2.45, 2.75) is 0 Å². The molecule has 0 fully saturated rings. The number of hydrogen-bond acceptors (Lipinski definition) is 2. The molecule has 0 saturated heterocycles. The zero-order valence-corrected chi connectivity index (χ0v) is 28.6. The summed E-state index contributed by atoms with van der Waals surface area (Å²) in [4.78, 5) is 2.31. The Morgan fingerprint density at radius 1 is 0.288 bits per heavy atom. The third-order valence-electron chi connectivity index (χ3n) is 9.71. The predicted octanol–water partition coefficient (Wildman–Crippen LogP) is 14.2. The van der Waals surface area contributed by atoms with Crippen LogP contribution in [0.2, 0.25) is 0 Å². The standard InChI is InChI=1S/C50H35NO/c1-4-13-36(14-5-1)37-23-25-38(26-24-37)39-27-31-45(32-28-39)51(44-19-8-3-9-20-44)46-33-29-40(30-34-46)42-17-12-18-43(35-42)50-49(41-15-6-2-7-16-41)47-21-10-11-22-48(47)52-50/h1-35H. The van der Waals surface area contributed by atoms with Crippen molar-refractivity contribution in [3.8, 4) is 55.8 Å². The first kappa shape index (κ1) is 31.1. The molecule has 0 aliphatic heterocycles. The molecule has 0 saturated carbocycles. The van der Waals surface area contributed by atoms with Gasteiger partial charge in [-0.05, 0) is 87.5 Å². The van der Waals surface area contributed by atoms with Gasteiger partial charge in [0.15, 0.2) is 0 Å². The van der Waals surface area contributed by atoms with E-state index in [9.17, 15) is 0 Å². The van der Waals surface area contributed by atoms with Gasteiger partial charge < -0.3 is 9.32 Å². The Morgan fingerprint density at radius 2 is 0.692 bits per heavy atom. The topological polar surface area (TPSA) is 16.4 Å². The number of furan rings is 1. The average molecular weight is 666 g/mol. The number of fused-ring (bicyclic) bond motifs is 1. The fraction of sp³-hybridized carbons (Fsp3) is 0. The Labute approximate surface area is 304 Å². The van der Waals surface area contributed by atoms with Crippen LogP contribution < -0.4 is 4.90 Å². The third-order valence-corrected chi connectivity index (χ3v) is 9.71. The van der Waals surface area contributed by atoms with Crippen LogP contribution in [0.25, 0.3) is 66.8 Å². The minimum absolute atomic E-state index is 0.886. The van der Waals surface area contributed by atoms with Gasteiger partial charge in [0.25, 0.3) is 0 Å². The summed E-state index contributed by atoms with van der Waals surface area (Å²) in [5.41, 5.74) is 14.6. The van der Waals surface area contributed by atoms with E-state index in [1.807, 2.05) is 12.1 Å². The van der Waals surface area contributed by atoms with E-state index >= 15 is 0 Å². The van der Waals surface area contributed by atoms with Crippen LogP contribution in [-0.4, -0.2) is 0 Å². The molecular weight excluding hydrogens is 631 g/mol. The highest BCUT2D eigenvalue weighted by Gasteiger charge is 2.18. The van der Waals surface area contributed by atoms with Crippen molar-refractivity contribution < 1.29 is 4.42 Å². The SMILES string of the molecule is c1ccc(-c2ccc(-c3ccc(N(c4ccccc4)c4ccc(-c5cccc(-c6oc7ccccc7c6-c6ccccc6)c5)cc4)cc3)cc2)cc1. The molecule has 1 heterocycles. The molecule has 8 aromatic carbocycles. The summed E-state index contributed by atoms with van der Waals surface area (Å²) in [6.07, 6.45) is 0. The van der Waals surface area contributed by atoms with E-state index in [1.54, 1.807) is 0 Å². The zero-order chi connectivity index (χ0) is 34.7. The van der Waals surface area contributed by atoms with Crippen molar-refractivity contribution in [3.63, 3.8) is 0 Å². The minimum Gasteiger partial charge on any atom is -0.455 e. The Morgan fingerprint density at radius 3 is 1.29 bits per heavy atom. The lowest BCUT2D eigenvalue weighted by Crippen LogP contribution is -2.09. The van der Waals surface area contributed by atoms with Gasteiger partial charge in [0, 0.05) is 33.6 Å². The summed E-state index contributed by atoms with van der Waals surface area (Å²) in [5.74, 6) is 0.886. The summed E-state index contributed by atoms with van der Waals surface area (Å²) in [6.45, 7) is 0. The summed E-state index contributed by atoms with van der Waals surface area (Å²) >= 11 is 0. The van der Waals surface area contributed by atoms with E-state index in [4.69, 9.17) is 4.42 Å². The molecule has 0 radical (unpaired) electrons. The maximum atomic E-state index is 6.53. The monoisotopic (exact) mass is 665 g/mol. The molecule has 0 atom stereocenters. The molecule has 9 rings (SSSR count). The molecule has 0 aliphatic rings. The van der Waals surface area contributed by atoms with Crippen molar-refractivity contribution in [2.75, 3.05) is 4.90 Å². The van der Waals surface area contributed by atoms with Gasteiger partial charge in [-0.25, -0.2) is 0 Å². The van der Waals surface area contributed by atoms with Crippen LogP contribution in [0.15, 0.2) is 217 Å². The van der Waals surface area contributed by atoms with E-state index < -0.39 is 0 Å². The highest BCUT2D eigenvalue weighted by molar-refractivity contribution is 6.02. The fourth-order valence-corrected chi connectivity index (χ4v) is 7.10. The van der Waals surface area contributed by atoms with Gasteiger partial charge in [0.2, 0.25) is 0 Å². The van der Waals surface area contributed by atoms with Crippen molar-refractivity contribution in [1.82, 2.24) is 0 Å². The first-order chi connectivity index (χ1) is 25.8. The predicted molar refractivity (Wildman–Crippen MR) is 218 cm³/mol. The number of hydrogen-bond donors (Lipinski definition) is 0. The third kappa shape index (κ3) is 6.08. The first-order valence-electron chi connectivity index (χ1n) is 17.7. The Bertz CT molecular complexity index is 2570. The summed E-state index contributed by atoms with van der Waals surface area (Å²) < 4.78 is 6.53. The number of anilines is 3. The summed E-state index contributed by atoms with van der Waals surface area (Å²) in [6, 6.07) is 75.0. The number of benzene rings is 8. The largest absolute Gasteiger partial charge is 0.455 e. The fourth-order valence-electron chi connectivity index (χ4n) is 7.10. The Hall–Kier alpha value is -6.90. The van der Waals surface area contributed by atoms with Gasteiger partial charge in [-0.3, -0.25) is 0 Å². The summed E-state index contributed by atoms with van der Waals surface area (Å²) in [7, 11) is 0. The second-order valence-electron chi connectivity index (χ2n) is 13.0. The molecule has 0 unspecified atom stereocenters. The molecule has 52 heavy (non-hydrogen) atoms.